The minimum atomic E-state index is -0.575. The zero-order valence-electron chi connectivity index (χ0n) is 14.9. The van der Waals surface area contributed by atoms with Crippen LogP contribution in [0.2, 0.25) is 4.34 Å². The van der Waals surface area contributed by atoms with Crippen LogP contribution in [0, 0.1) is 0 Å². The fourth-order valence-corrected chi connectivity index (χ4v) is 5.54. The summed E-state index contributed by atoms with van der Waals surface area (Å²) in [5.41, 5.74) is 1.62. The predicted molar refractivity (Wildman–Crippen MR) is 102 cm³/mol. The molecule has 2 aromatic heterocycles. The second-order valence-corrected chi connectivity index (χ2v) is 8.78. The van der Waals surface area contributed by atoms with Crippen LogP contribution >= 0.6 is 22.9 Å². The minimum Gasteiger partial charge on any atom is -0.481 e. The number of ether oxygens (including phenoxy) is 2. The highest BCUT2D eigenvalue weighted by Gasteiger charge is 2.46. The van der Waals surface area contributed by atoms with Crippen LogP contribution in [0.1, 0.15) is 42.0 Å². The number of hydrogen-bond acceptors (Lipinski definition) is 6. The third kappa shape index (κ3) is 3.25. The molecule has 2 aromatic rings. The Kier molecular flexibility index (Phi) is 4.96. The summed E-state index contributed by atoms with van der Waals surface area (Å²) < 4.78 is 12.1. The van der Waals surface area contributed by atoms with Gasteiger partial charge in [0.15, 0.2) is 0 Å². The molecule has 2 aliphatic rings. The molecule has 7 heteroatoms. The van der Waals surface area contributed by atoms with E-state index in [1.54, 1.807) is 18.4 Å². The zero-order valence-corrected chi connectivity index (χ0v) is 16.5. The Labute approximate surface area is 162 Å². The second kappa shape index (κ2) is 7.09. The maximum atomic E-state index is 10.2. The molecular weight excluding hydrogens is 372 g/mol. The van der Waals surface area contributed by atoms with Crippen molar-refractivity contribution in [2.45, 2.75) is 44.1 Å². The quantitative estimate of drug-likeness (QED) is 0.859. The van der Waals surface area contributed by atoms with Crippen LogP contribution in [0.3, 0.4) is 0 Å². The van der Waals surface area contributed by atoms with Crippen molar-refractivity contribution in [1.29, 1.82) is 0 Å². The lowest BCUT2D eigenvalue weighted by Gasteiger charge is -2.47. The van der Waals surface area contributed by atoms with Crippen LogP contribution < -0.4 is 4.74 Å². The number of likely N-dealkylation sites (tertiary alicyclic amines) is 1. The monoisotopic (exact) mass is 394 g/mol. The molecule has 5 nitrogen and oxygen atoms in total. The number of piperidine rings is 1. The molecule has 0 unspecified atom stereocenters. The number of pyridine rings is 1. The standard InChI is InChI=1S/C19H23ClN2O3S/c1-12-9-19(18-14(8-16(20)26-18)15(23)11-25-19)6-7-22(12)10-13-4-3-5-17(21-13)24-2/h3-5,8,12,15,23H,6-7,9-11H2,1-2H3/t12-,15-,19+/m0/s1. The van der Waals surface area contributed by atoms with Crippen LogP contribution in [0.5, 0.6) is 5.88 Å². The molecule has 1 spiro atoms. The molecule has 0 saturated carbocycles. The van der Waals surface area contributed by atoms with Crippen LogP contribution in [-0.2, 0) is 16.9 Å². The highest BCUT2D eigenvalue weighted by Crippen LogP contribution is 2.50. The van der Waals surface area contributed by atoms with Gasteiger partial charge in [-0.2, -0.15) is 0 Å². The Morgan fingerprint density at radius 2 is 2.35 bits per heavy atom. The van der Waals surface area contributed by atoms with Crippen LogP contribution in [0.25, 0.3) is 0 Å². The molecule has 1 N–H and O–H groups in total. The van der Waals surface area contributed by atoms with E-state index in [0.29, 0.717) is 18.5 Å². The second-order valence-electron chi connectivity index (χ2n) is 7.10. The van der Waals surface area contributed by atoms with E-state index in [4.69, 9.17) is 21.1 Å². The van der Waals surface area contributed by atoms with Crippen molar-refractivity contribution in [1.82, 2.24) is 9.88 Å². The average Bonchev–Trinajstić information content (AvgIpc) is 3.05. The predicted octanol–water partition coefficient (Wildman–Crippen LogP) is 3.75. The number of rotatable bonds is 3. The first-order chi connectivity index (χ1) is 12.5. The smallest absolute Gasteiger partial charge is 0.213 e. The van der Waals surface area contributed by atoms with Gasteiger partial charge in [-0.1, -0.05) is 17.7 Å². The molecule has 2 aliphatic heterocycles. The van der Waals surface area contributed by atoms with Gasteiger partial charge >= 0.3 is 0 Å². The fraction of sp³-hybridized carbons (Fsp3) is 0.526. The van der Waals surface area contributed by atoms with Crippen molar-refractivity contribution in [2.24, 2.45) is 0 Å². The summed E-state index contributed by atoms with van der Waals surface area (Å²) in [4.78, 5) is 8.06. The lowest BCUT2D eigenvalue weighted by molar-refractivity contribution is -0.139. The maximum absolute atomic E-state index is 10.2. The van der Waals surface area contributed by atoms with Gasteiger partial charge in [-0.25, -0.2) is 4.98 Å². The van der Waals surface area contributed by atoms with Crippen LogP contribution in [0.4, 0.5) is 0 Å². The van der Waals surface area contributed by atoms with E-state index in [9.17, 15) is 5.11 Å². The number of halogens is 1. The van der Waals surface area contributed by atoms with Crippen molar-refractivity contribution >= 4 is 22.9 Å². The van der Waals surface area contributed by atoms with Gasteiger partial charge in [0.1, 0.15) is 11.7 Å². The molecule has 0 radical (unpaired) electrons. The molecule has 0 amide bonds. The van der Waals surface area contributed by atoms with Gasteiger partial charge in [0.25, 0.3) is 0 Å². The summed E-state index contributed by atoms with van der Waals surface area (Å²) in [6, 6.07) is 8.10. The van der Waals surface area contributed by atoms with Crippen molar-refractivity contribution < 1.29 is 14.6 Å². The number of thiophene rings is 1. The van der Waals surface area contributed by atoms with Gasteiger partial charge in [0.05, 0.1) is 23.7 Å². The van der Waals surface area contributed by atoms with Crippen molar-refractivity contribution in [3.8, 4) is 5.88 Å². The molecule has 140 valence electrons. The molecule has 0 aromatic carbocycles. The highest BCUT2D eigenvalue weighted by molar-refractivity contribution is 7.16. The summed E-state index contributed by atoms with van der Waals surface area (Å²) in [5, 5.41) is 10.2. The lowest BCUT2D eigenvalue weighted by atomic mass is 9.81. The van der Waals surface area contributed by atoms with Crippen LogP contribution in [0.15, 0.2) is 24.3 Å². The first-order valence-electron chi connectivity index (χ1n) is 8.86. The maximum Gasteiger partial charge on any atom is 0.213 e. The molecular formula is C19H23ClN2O3S. The van der Waals surface area contributed by atoms with E-state index >= 15 is 0 Å². The number of aliphatic hydroxyl groups is 1. The first kappa shape index (κ1) is 18.2. The number of fused-ring (bicyclic) bond motifs is 2. The first-order valence-corrected chi connectivity index (χ1v) is 10.1. The Bertz CT molecular complexity index is 799. The molecule has 26 heavy (non-hydrogen) atoms. The van der Waals surface area contributed by atoms with Crippen LogP contribution in [-0.4, -0.2) is 41.3 Å². The van der Waals surface area contributed by atoms with Crippen molar-refractivity contribution in [2.75, 3.05) is 20.3 Å². The summed E-state index contributed by atoms with van der Waals surface area (Å²) in [7, 11) is 1.64. The van der Waals surface area contributed by atoms with E-state index in [0.717, 1.165) is 46.4 Å². The zero-order chi connectivity index (χ0) is 18.3. The topological polar surface area (TPSA) is 54.8 Å². The van der Waals surface area contributed by atoms with E-state index in [1.807, 2.05) is 24.3 Å². The van der Waals surface area contributed by atoms with Gasteiger partial charge in [-0.3, -0.25) is 4.90 Å². The molecule has 0 bridgehead atoms. The molecule has 1 saturated heterocycles. The Morgan fingerprint density at radius 3 is 3.12 bits per heavy atom. The number of hydrogen-bond donors (Lipinski definition) is 1. The summed E-state index contributed by atoms with van der Waals surface area (Å²) >= 11 is 7.79. The number of nitrogens with zero attached hydrogens (tertiary/aromatic N) is 2. The normalized spacial score (nSPS) is 28.9. The minimum absolute atomic E-state index is 0.329. The summed E-state index contributed by atoms with van der Waals surface area (Å²) in [6.45, 7) is 4.26. The molecule has 4 heterocycles. The van der Waals surface area contributed by atoms with Gasteiger partial charge in [-0.15, -0.1) is 11.3 Å². The molecule has 3 atom stereocenters. The number of aromatic nitrogens is 1. The third-order valence-electron chi connectivity index (χ3n) is 5.43. The average molecular weight is 395 g/mol. The largest absolute Gasteiger partial charge is 0.481 e. The lowest BCUT2D eigenvalue weighted by Crippen LogP contribution is -2.50. The van der Waals surface area contributed by atoms with E-state index < -0.39 is 6.10 Å². The Balaban J connectivity index is 1.52. The summed E-state index contributed by atoms with van der Waals surface area (Å²) in [5.74, 6) is 0.645. The van der Waals surface area contributed by atoms with Gasteiger partial charge < -0.3 is 14.6 Å². The molecule has 1 fully saturated rings. The van der Waals surface area contributed by atoms with Gasteiger partial charge in [0, 0.05) is 35.6 Å². The van der Waals surface area contributed by atoms with Gasteiger partial charge in [0.2, 0.25) is 5.88 Å². The SMILES string of the molecule is COc1cccc(CN2CC[C@]3(C[C@@H]2C)OC[C@H](O)c2cc(Cl)sc23)n1. The van der Waals surface area contributed by atoms with E-state index in [-0.39, 0.29) is 5.60 Å². The Hall–Kier alpha value is -1.18. The van der Waals surface area contributed by atoms with Crippen molar-refractivity contribution in [3.63, 3.8) is 0 Å². The third-order valence-corrected chi connectivity index (χ3v) is 6.89. The van der Waals surface area contributed by atoms with E-state index in [1.165, 1.54) is 0 Å². The van der Waals surface area contributed by atoms with Gasteiger partial charge in [-0.05, 0) is 31.9 Å². The number of aliphatic hydroxyl groups excluding tert-OH is 1. The Morgan fingerprint density at radius 1 is 1.50 bits per heavy atom. The molecule has 4 rings (SSSR count). The van der Waals surface area contributed by atoms with Crippen molar-refractivity contribution in [3.05, 3.63) is 44.7 Å². The number of methoxy groups -OCH3 is 1. The highest BCUT2D eigenvalue weighted by atomic mass is 35.5. The molecule has 0 aliphatic carbocycles. The van der Waals surface area contributed by atoms with E-state index in [2.05, 4.69) is 16.8 Å². The summed E-state index contributed by atoms with van der Waals surface area (Å²) in [6.07, 6.45) is 1.19. The fourth-order valence-electron chi connectivity index (χ4n) is 4.06.